The summed E-state index contributed by atoms with van der Waals surface area (Å²) < 4.78 is 0. The largest absolute Gasteiger partial charge is 0.508 e. The lowest BCUT2D eigenvalue weighted by Gasteiger charge is -2.07. The number of nitrogens with one attached hydrogen (secondary N) is 1. The predicted molar refractivity (Wildman–Crippen MR) is 113 cm³/mol. The van der Waals surface area contributed by atoms with E-state index in [1.807, 2.05) is 0 Å². The lowest BCUT2D eigenvalue weighted by atomic mass is 10.1. The highest BCUT2D eigenvalue weighted by Crippen LogP contribution is 2.27. The number of aromatic hydroxyl groups is 1. The molecule has 0 saturated carbocycles. The minimum atomic E-state index is -1.09. The molecular formula is C22H27N3O5. The zero-order valence-corrected chi connectivity index (χ0v) is 16.8. The normalized spacial score (nSPS) is 11.0. The van der Waals surface area contributed by atoms with Crippen molar-refractivity contribution in [2.45, 2.75) is 38.5 Å². The van der Waals surface area contributed by atoms with Crippen molar-refractivity contribution in [1.82, 2.24) is 5.32 Å². The number of phenolic OH excluding ortho intramolecular Hbond substituents is 1. The van der Waals surface area contributed by atoms with E-state index in [9.17, 15) is 19.8 Å². The molecule has 0 unspecified atom stereocenters. The van der Waals surface area contributed by atoms with Gasteiger partial charge in [-0.3, -0.25) is 4.79 Å². The van der Waals surface area contributed by atoms with Crippen LogP contribution < -0.4 is 5.32 Å². The minimum Gasteiger partial charge on any atom is -0.508 e. The number of phenols is 1. The molecule has 0 heterocycles. The quantitative estimate of drug-likeness (QED) is 0.307. The Kier molecular flexibility index (Phi) is 9.47. The zero-order valence-electron chi connectivity index (χ0n) is 16.8. The highest BCUT2D eigenvalue weighted by atomic mass is 16.4. The molecule has 30 heavy (non-hydrogen) atoms. The molecule has 0 saturated heterocycles. The number of nitrogens with zero attached hydrogens (tertiary/aromatic N) is 2. The van der Waals surface area contributed by atoms with E-state index in [0.717, 1.165) is 25.7 Å². The number of aliphatic hydroxyl groups excluding tert-OH is 1. The van der Waals surface area contributed by atoms with Crippen molar-refractivity contribution < 1.29 is 24.9 Å². The number of rotatable bonds is 12. The van der Waals surface area contributed by atoms with Crippen LogP contribution in [0.15, 0.2) is 52.7 Å². The first kappa shape index (κ1) is 23.0. The van der Waals surface area contributed by atoms with Crippen LogP contribution in [-0.2, 0) is 11.2 Å². The Hall–Kier alpha value is -3.26. The number of carbonyl (C=O) groups is 2. The standard InChI is InChI=1S/C22H27N3O5/c26-14-6-2-1-5-13-23-21(28)12-9-16-15-17(10-11-20(16)27)24-25-19-8-4-3-7-18(19)22(29)30/h3-4,7-8,10-11,15,26-27H,1-2,5-6,9,12-14H2,(H,23,28)(H,29,30)/b25-24+. The maximum atomic E-state index is 12.0. The Morgan fingerprint density at radius 2 is 1.73 bits per heavy atom. The molecule has 2 aromatic carbocycles. The van der Waals surface area contributed by atoms with Crippen LogP contribution in [0, 0.1) is 0 Å². The Morgan fingerprint density at radius 1 is 0.967 bits per heavy atom. The molecule has 0 aliphatic rings. The van der Waals surface area contributed by atoms with Crippen molar-refractivity contribution in [2.24, 2.45) is 10.2 Å². The number of aliphatic hydroxyl groups is 1. The molecule has 2 aromatic rings. The number of carboxylic acids is 1. The van der Waals surface area contributed by atoms with E-state index in [-0.39, 0.29) is 35.9 Å². The van der Waals surface area contributed by atoms with Crippen LogP contribution in [0.1, 0.15) is 48.0 Å². The molecule has 8 heteroatoms. The fourth-order valence-electron chi connectivity index (χ4n) is 2.84. The number of azo groups is 1. The average Bonchev–Trinajstić information content (AvgIpc) is 2.74. The fourth-order valence-corrected chi connectivity index (χ4v) is 2.84. The summed E-state index contributed by atoms with van der Waals surface area (Å²) in [5.74, 6) is -1.12. The van der Waals surface area contributed by atoms with E-state index in [4.69, 9.17) is 5.11 Å². The van der Waals surface area contributed by atoms with Gasteiger partial charge >= 0.3 is 5.97 Å². The maximum Gasteiger partial charge on any atom is 0.337 e. The van der Waals surface area contributed by atoms with Crippen molar-refractivity contribution >= 4 is 23.3 Å². The number of aryl methyl sites for hydroxylation is 1. The summed E-state index contributed by atoms with van der Waals surface area (Å²) in [7, 11) is 0. The Morgan fingerprint density at radius 3 is 2.50 bits per heavy atom. The van der Waals surface area contributed by atoms with Crippen molar-refractivity contribution in [2.75, 3.05) is 13.2 Å². The SMILES string of the molecule is O=C(CCc1cc(/N=N/c2ccccc2C(=O)O)ccc1O)NCCCCCCO. The van der Waals surface area contributed by atoms with E-state index in [0.29, 0.717) is 24.2 Å². The van der Waals surface area contributed by atoms with Gasteiger partial charge in [-0.1, -0.05) is 25.0 Å². The van der Waals surface area contributed by atoms with Crippen LogP contribution >= 0.6 is 0 Å². The summed E-state index contributed by atoms with van der Waals surface area (Å²) in [4.78, 5) is 23.2. The first-order valence-electron chi connectivity index (χ1n) is 9.94. The Labute approximate surface area is 175 Å². The first-order valence-corrected chi connectivity index (χ1v) is 9.94. The van der Waals surface area contributed by atoms with Crippen LogP contribution in [0.25, 0.3) is 0 Å². The van der Waals surface area contributed by atoms with Gasteiger partial charge in [-0.15, -0.1) is 5.11 Å². The van der Waals surface area contributed by atoms with E-state index >= 15 is 0 Å². The van der Waals surface area contributed by atoms with Gasteiger partial charge in [0.1, 0.15) is 11.4 Å². The van der Waals surface area contributed by atoms with Gasteiger partial charge in [0.2, 0.25) is 5.91 Å². The molecule has 1 amide bonds. The maximum absolute atomic E-state index is 12.0. The molecular weight excluding hydrogens is 386 g/mol. The number of benzene rings is 2. The van der Waals surface area contributed by atoms with E-state index in [1.165, 1.54) is 12.1 Å². The first-order chi connectivity index (χ1) is 14.5. The Bertz CT molecular complexity index is 883. The summed E-state index contributed by atoms with van der Waals surface area (Å²) in [5.41, 5.74) is 1.30. The molecule has 0 aliphatic heterocycles. The molecule has 0 spiro atoms. The van der Waals surface area contributed by atoms with Gasteiger partial charge in [0, 0.05) is 19.6 Å². The minimum absolute atomic E-state index is 0.0493. The summed E-state index contributed by atoms with van der Waals surface area (Å²) >= 11 is 0. The third-order valence-corrected chi connectivity index (χ3v) is 4.50. The van der Waals surface area contributed by atoms with Crippen LogP contribution in [0.3, 0.4) is 0 Å². The van der Waals surface area contributed by atoms with E-state index in [1.54, 1.807) is 30.3 Å². The molecule has 4 N–H and O–H groups in total. The molecule has 0 bridgehead atoms. The second kappa shape index (κ2) is 12.3. The van der Waals surface area contributed by atoms with Gasteiger partial charge in [0.15, 0.2) is 0 Å². The van der Waals surface area contributed by atoms with Crippen molar-refractivity contribution in [3.63, 3.8) is 0 Å². The van der Waals surface area contributed by atoms with Gasteiger partial charge in [0.05, 0.1) is 11.3 Å². The molecule has 2 rings (SSSR count). The lowest BCUT2D eigenvalue weighted by Crippen LogP contribution is -2.24. The highest BCUT2D eigenvalue weighted by molar-refractivity contribution is 5.93. The molecule has 0 radical (unpaired) electrons. The summed E-state index contributed by atoms with van der Waals surface area (Å²) in [5, 5.41) is 38.9. The van der Waals surface area contributed by atoms with Crippen molar-refractivity contribution in [1.29, 1.82) is 0 Å². The molecule has 0 aliphatic carbocycles. The fraction of sp³-hybridized carbons (Fsp3) is 0.364. The average molecular weight is 413 g/mol. The molecule has 0 atom stereocenters. The summed E-state index contributed by atoms with van der Waals surface area (Å²) in [6.07, 6.45) is 4.12. The van der Waals surface area contributed by atoms with Gasteiger partial charge < -0.3 is 20.6 Å². The number of hydrogen-bond acceptors (Lipinski definition) is 6. The molecule has 0 fully saturated rings. The molecule has 0 aromatic heterocycles. The monoisotopic (exact) mass is 413 g/mol. The third kappa shape index (κ3) is 7.63. The second-order valence-corrected chi connectivity index (χ2v) is 6.82. The number of carboxylic acid groups (broad SMARTS) is 1. The number of amides is 1. The van der Waals surface area contributed by atoms with E-state index < -0.39 is 5.97 Å². The zero-order chi connectivity index (χ0) is 21.8. The van der Waals surface area contributed by atoms with Crippen LogP contribution in [0.5, 0.6) is 5.75 Å². The number of carbonyl (C=O) groups excluding carboxylic acids is 1. The molecule has 8 nitrogen and oxygen atoms in total. The van der Waals surface area contributed by atoms with Crippen LogP contribution in [0.4, 0.5) is 11.4 Å². The number of unbranched alkanes of at least 4 members (excludes halogenated alkanes) is 3. The van der Waals surface area contributed by atoms with Gasteiger partial charge in [-0.25, -0.2) is 4.79 Å². The third-order valence-electron chi connectivity index (χ3n) is 4.50. The van der Waals surface area contributed by atoms with Crippen LogP contribution in [-0.4, -0.2) is 40.3 Å². The summed E-state index contributed by atoms with van der Waals surface area (Å²) in [6.45, 7) is 0.786. The van der Waals surface area contributed by atoms with Crippen LogP contribution in [0.2, 0.25) is 0 Å². The topological polar surface area (TPSA) is 132 Å². The lowest BCUT2D eigenvalue weighted by molar-refractivity contribution is -0.121. The van der Waals surface area contributed by atoms with Gasteiger partial charge in [-0.05, 0) is 55.2 Å². The Balaban J connectivity index is 1.91. The molecule has 160 valence electrons. The second-order valence-electron chi connectivity index (χ2n) is 6.82. The smallest absolute Gasteiger partial charge is 0.337 e. The number of aromatic carboxylic acids is 1. The van der Waals surface area contributed by atoms with Gasteiger partial charge in [0.25, 0.3) is 0 Å². The summed E-state index contributed by atoms with van der Waals surface area (Å²) in [6, 6.07) is 11.0. The van der Waals surface area contributed by atoms with Gasteiger partial charge in [-0.2, -0.15) is 5.11 Å². The van der Waals surface area contributed by atoms with Crippen molar-refractivity contribution in [3.8, 4) is 5.75 Å². The predicted octanol–water partition coefficient (Wildman–Crippen LogP) is 4.11. The van der Waals surface area contributed by atoms with Crippen molar-refractivity contribution in [3.05, 3.63) is 53.6 Å². The highest BCUT2D eigenvalue weighted by Gasteiger charge is 2.09. The van der Waals surface area contributed by atoms with E-state index in [2.05, 4.69) is 15.5 Å². The number of hydrogen-bond donors (Lipinski definition) is 4.